The van der Waals surface area contributed by atoms with Gasteiger partial charge in [-0.3, -0.25) is 14.6 Å². The van der Waals surface area contributed by atoms with E-state index in [1.807, 2.05) is 0 Å². The number of aromatic nitrogens is 1. The van der Waals surface area contributed by atoms with Gasteiger partial charge in [-0.15, -0.1) is 0 Å². The SMILES string of the molecule is CC(=O)Nc1ccc(CC(=O)NC2CCN(c3cncc(C(F)(F)F)c3)C2)cc1. The van der Waals surface area contributed by atoms with Crippen LogP contribution < -0.4 is 15.5 Å². The number of halogens is 3. The van der Waals surface area contributed by atoms with Gasteiger partial charge in [0, 0.05) is 37.9 Å². The summed E-state index contributed by atoms with van der Waals surface area (Å²) in [5.41, 5.74) is 1.06. The first-order valence-corrected chi connectivity index (χ1v) is 9.14. The fourth-order valence-electron chi connectivity index (χ4n) is 3.24. The van der Waals surface area contributed by atoms with Crippen LogP contribution in [0.5, 0.6) is 0 Å². The Hall–Kier alpha value is -3.10. The maximum Gasteiger partial charge on any atom is 0.417 e. The molecule has 0 aliphatic carbocycles. The monoisotopic (exact) mass is 406 g/mol. The molecule has 1 saturated heterocycles. The fourth-order valence-corrected chi connectivity index (χ4v) is 3.24. The van der Waals surface area contributed by atoms with Gasteiger partial charge in [-0.2, -0.15) is 13.2 Å². The van der Waals surface area contributed by atoms with Crippen molar-refractivity contribution >= 4 is 23.2 Å². The molecule has 2 N–H and O–H groups in total. The van der Waals surface area contributed by atoms with E-state index in [-0.39, 0.29) is 24.3 Å². The van der Waals surface area contributed by atoms with E-state index in [9.17, 15) is 22.8 Å². The molecule has 2 heterocycles. The van der Waals surface area contributed by atoms with Crippen molar-refractivity contribution in [1.82, 2.24) is 10.3 Å². The Morgan fingerprint density at radius 2 is 1.93 bits per heavy atom. The molecule has 0 bridgehead atoms. The maximum atomic E-state index is 12.9. The largest absolute Gasteiger partial charge is 0.417 e. The topological polar surface area (TPSA) is 74.3 Å². The number of benzene rings is 1. The zero-order chi connectivity index (χ0) is 21.0. The van der Waals surface area contributed by atoms with Gasteiger partial charge in [0.25, 0.3) is 0 Å². The number of nitrogens with zero attached hydrogens (tertiary/aromatic N) is 2. The molecule has 2 amide bonds. The Morgan fingerprint density at radius 1 is 1.21 bits per heavy atom. The second-order valence-electron chi connectivity index (χ2n) is 6.98. The van der Waals surface area contributed by atoms with E-state index in [0.717, 1.165) is 17.8 Å². The van der Waals surface area contributed by atoms with Crippen LogP contribution in [0.1, 0.15) is 24.5 Å². The molecule has 1 aliphatic heterocycles. The van der Waals surface area contributed by atoms with E-state index < -0.39 is 11.7 Å². The predicted molar refractivity (Wildman–Crippen MR) is 102 cm³/mol. The molecule has 2 aromatic rings. The van der Waals surface area contributed by atoms with Gasteiger partial charge >= 0.3 is 6.18 Å². The molecule has 1 atom stereocenters. The van der Waals surface area contributed by atoms with Crippen molar-refractivity contribution in [2.45, 2.75) is 32.0 Å². The van der Waals surface area contributed by atoms with Gasteiger partial charge in [-0.05, 0) is 30.2 Å². The highest BCUT2D eigenvalue weighted by Gasteiger charge is 2.32. The summed E-state index contributed by atoms with van der Waals surface area (Å²) in [6, 6.07) is 7.91. The minimum atomic E-state index is -4.44. The summed E-state index contributed by atoms with van der Waals surface area (Å²) in [6.45, 7) is 2.39. The molecule has 1 unspecified atom stereocenters. The predicted octanol–water partition coefficient (Wildman–Crippen LogP) is 3.00. The van der Waals surface area contributed by atoms with Gasteiger partial charge in [0.1, 0.15) is 0 Å². The normalized spacial score (nSPS) is 16.6. The van der Waals surface area contributed by atoms with E-state index >= 15 is 0 Å². The molecular formula is C20H21F3N4O2. The quantitative estimate of drug-likeness (QED) is 0.801. The van der Waals surface area contributed by atoms with Crippen LogP contribution in [-0.4, -0.2) is 35.9 Å². The van der Waals surface area contributed by atoms with Gasteiger partial charge in [-0.1, -0.05) is 12.1 Å². The molecular weight excluding hydrogens is 385 g/mol. The summed E-state index contributed by atoms with van der Waals surface area (Å²) in [6.07, 6.45) is -1.41. The Bertz CT molecular complexity index is 884. The van der Waals surface area contributed by atoms with Crippen molar-refractivity contribution in [1.29, 1.82) is 0 Å². The summed E-state index contributed by atoms with van der Waals surface area (Å²) >= 11 is 0. The molecule has 9 heteroatoms. The number of hydrogen-bond donors (Lipinski definition) is 2. The Labute approximate surface area is 166 Å². The smallest absolute Gasteiger partial charge is 0.368 e. The van der Waals surface area contributed by atoms with Crippen molar-refractivity contribution in [3.63, 3.8) is 0 Å². The minimum absolute atomic E-state index is 0.143. The number of anilines is 2. The second kappa shape index (κ2) is 8.50. The second-order valence-corrected chi connectivity index (χ2v) is 6.98. The lowest BCUT2D eigenvalue weighted by atomic mass is 10.1. The van der Waals surface area contributed by atoms with E-state index in [4.69, 9.17) is 0 Å². The first-order chi connectivity index (χ1) is 13.7. The van der Waals surface area contributed by atoms with Crippen LogP contribution in [0.4, 0.5) is 24.5 Å². The zero-order valence-electron chi connectivity index (χ0n) is 15.8. The zero-order valence-corrected chi connectivity index (χ0v) is 15.8. The standard InChI is InChI=1S/C20H21F3N4O2/c1-13(28)25-16-4-2-14(3-5-16)8-19(29)26-17-6-7-27(12-17)18-9-15(10-24-11-18)20(21,22)23/h2-5,9-11,17H,6-8,12H2,1H3,(H,25,28)(H,26,29). The highest BCUT2D eigenvalue weighted by molar-refractivity contribution is 5.88. The summed E-state index contributed by atoms with van der Waals surface area (Å²) < 4.78 is 38.6. The lowest BCUT2D eigenvalue weighted by molar-refractivity contribution is -0.137. The van der Waals surface area contributed by atoms with Crippen molar-refractivity contribution in [2.75, 3.05) is 23.3 Å². The van der Waals surface area contributed by atoms with Crippen LogP contribution in [-0.2, 0) is 22.2 Å². The van der Waals surface area contributed by atoms with Gasteiger partial charge in [-0.25, -0.2) is 0 Å². The molecule has 1 aromatic carbocycles. The van der Waals surface area contributed by atoms with Crippen LogP contribution in [0.3, 0.4) is 0 Å². The number of carbonyl (C=O) groups excluding carboxylic acids is 2. The lowest BCUT2D eigenvalue weighted by Gasteiger charge is -2.20. The molecule has 154 valence electrons. The van der Waals surface area contributed by atoms with Crippen molar-refractivity contribution < 1.29 is 22.8 Å². The van der Waals surface area contributed by atoms with Crippen molar-refractivity contribution in [3.05, 3.63) is 53.9 Å². The number of amides is 2. The molecule has 0 saturated carbocycles. The average Bonchev–Trinajstić information content (AvgIpc) is 3.11. The van der Waals surface area contributed by atoms with Crippen LogP contribution in [0.25, 0.3) is 0 Å². The number of alkyl halides is 3. The lowest BCUT2D eigenvalue weighted by Crippen LogP contribution is -2.38. The Kier molecular flexibility index (Phi) is 6.05. The van der Waals surface area contributed by atoms with E-state index in [1.54, 1.807) is 29.2 Å². The van der Waals surface area contributed by atoms with Gasteiger partial charge in [0.2, 0.25) is 11.8 Å². The Morgan fingerprint density at radius 3 is 2.59 bits per heavy atom. The van der Waals surface area contributed by atoms with E-state index in [2.05, 4.69) is 15.6 Å². The third kappa shape index (κ3) is 5.69. The summed E-state index contributed by atoms with van der Waals surface area (Å²) in [4.78, 5) is 28.8. The van der Waals surface area contributed by atoms with Crippen LogP contribution >= 0.6 is 0 Å². The van der Waals surface area contributed by atoms with Crippen LogP contribution in [0.15, 0.2) is 42.7 Å². The number of nitrogens with one attached hydrogen (secondary N) is 2. The first-order valence-electron chi connectivity index (χ1n) is 9.14. The highest BCUT2D eigenvalue weighted by atomic mass is 19.4. The molecule has 0 spiro atoms. The number of pyridine rings is 1. The number of rotatable bonds is 5. The third-order valence-electron chi connectivity index (χ3n) is 4.61. The average molecular weight is 406 g/mol. The van der Waals surface area contributed by atoms with Gasteiger partial charge in [0.05, 0.1) is 23.9 Å². The molecule has 1 aliphatic rings. The fraction of sp³-hybridized carbons (Fsp3) is 0.350. The maximum absolute atomic E-state index is 12.9. The minimum Gasteiger partial charge on any atom is -0.368 e. The third-order valence-corrected chi connectivity index (χ3v) is 4.61. The molecule has 3 rings (SSSR count). The molecule has 29 heavy (non-hydrogen) atoms. The van der Waals surface area contributed by atoms with Crippen LogP contribution in [0, 0.1) is 0 Å². The molecule has 6 nitrogen and oxygen atoms in total. The van der Waals surface area contributed by atoms with Crippen molar-refractivity contribution in [2.24, 2.45) is 0 Å². The number of carbonyl (C=O) groups is 2. The van der Waals surface area contributed by atoms with Crippen molar-refractivity contribution in [3.8, 4) is 0 Å². The molecule has 1 aromatic heterocycles. The van der Waals surface area contributed by atoms with Crippen LogP contribution in [0.2, 0.25) is 0 Å². The first kappa shape index (κ1) is 20.6. The summed E-state index contributed by atoms with van der Waals surface area (Å²) in [5, 5.41) is 5.58. The van der Waals surface area contributed by atoms with Gasteiger partial charge in [0.15, 0.2) is 0 Å². The molecule has 0 radical (unpaired) electrons. The van der Waals surface area contributed by atoms with E-state index in [1.165, 1.54) is 13.1 Å². The van der Waals surface area contributed by atoms with E-state index in [0.29, 0.717) is 30.9 Å². The summed E-state index contributed by atoms with van der Waals surface area (Å²) in [5.74, 6) is -0.330. The Balaban J connectivity index is 1.53. The summed E-state index contributed by atoms with van der Waals surface area (Å²) in [7, 11) is 0. The molecule has 1 fully saturated rings. The highest BCUT2D eigenvalue weighted by Crippen LogP contribution is 2.31. The van der Waals surface area contributed by atoms with Gasteiger partial charge < -0.3 is 15.5 Å². The number of hydrogen-bond acceptors (Lipinski definition) is 4.